The van der Waals surface area contributed by atoms with Crippen molar-refractivity contribution in [1.82, 2.24) is 4.90 Å². The Morgan fingerprint density at radius 2 is 0.675 bits per heavy atom. The smallest absolute Gasteiger partial charge is 0.407 e. The van der Waals surface area contributed by atoms with E-state index >= 15 is 4.79 Å². The van der Waals surface area contributed by atoms with Crippen LogP contribution < -0.4 is 40.2 Å². The minimum atomic E-state index is -1.28. The van der Waals surface area contributed by atoms with Crippen molar-refractivity contribution in [2.24, 2.45) is 5.41 Å². The van der Waals surface area contributed by atoms with Gasteiger partial charge in [0, 0.05) is 62.1 Å². The first-order valence-electron chi connectivity index (χ1n) is 29.3. The Morgan fingerprint density at radius 3 is 0.863 bits per heavy atom. The van der Waals surface area contributed by atoms with Crippen LogP contribution in [0, 0.1) is 5.41 Å². The van der Waals surface area contributed by atoms with Crippen LogP contribution in [-0.2, 0) is 43.3 Å². The molecule has 10 heteroatoms. The molecule has 1 saturated heterocycles. The van der Waals surface area contributed by atoms with Crippen molar-refractivity contribution in [3.05, 3.63) is 93.0 Å². The average molecular weight is 1150 g/mol. The maximum absolute atomic E-state index is 15.0. The summed E-state index contributed by atoms with van der Waals surface area (Å²) in [5.74, 6) is 3.74. The Labute approximate surface area is 493 Å². The molecule has 2 unspecified atom stereocenters. The zero-order valence-electron chi connectivity index (χ0n) is 56.1. The van der Waals surface area contributed by atoms with E-state index in [4.69, 9.17) is 18.9 Å². The van der Waals surface area contributed by atoms with E-state index in [1.165, 1.54) is 65.7 Å². The molecule has 1 amide bonds. The Morgan fingerprint density at radius 1 is 0.450 bits per heavy atom. The highest BCUT2D eigenvalue weighted by molar-refractivity contribution is 7.73. The number of rotatable bonds is 12. The van der Waals surface area contributed by atoms with Crippen LogP contribution in [0.5, 0.6) is 23.0 Å². The molecule has 446 valence electrons. The van der Waals surface area contributed by atoms with E-state index in [0.29, 0.717) is 13.0 Å². The number of hydrogen-bond acceptors (Lipinski definition) is 5. The number of likely N-dealkylation sites (tertiary alicyclic amines) is 1. The van der Waals surface area contributed by atoms with Crippen LogP contribution in [-0.4, -0.2) is 67.7 Å². The largest absolute Gasteiger partial charge is 0.496 e. The molecule has 1 aliphatic rings. The minimum absolute atomic E-state index is 0.0715. The molecule has 0 aliphatic carbocycles. The second kappa shape index (κ2) is 22.9. The second-order valence-electron chi connectivity index (χ2n) is 32.4. The number of amides is 1. The van der Waals surface area contributed by atoms with Gasteiger partial charge in [-0.2, -0.15) is 0 Å². The molecule has 4 aromatic carbocycles. The monoisotopic (exact) mass is 1150 g/mol. The van der Waals surface area contributed by atoms with Crippen molar-refractivity contribution in [3.8, 4) is 23.0 Å². The van der Waals surface area contributed by atoms with Gasteiger partial charge in [0.1, 0.15) is 23.0 Å². The van der Waals surface area contributed by atoms with Crippen LogP contribution in [0.25, 0.3) is 0 Å². The number of carboxylic acid groups (broad SMARTS) is 1. The molecule has 1 aliphatic heterocycles. The van der Waals surface area contributed by atoms with Gasteiger partial charge in [-0.25, -0.2) is 4.79 Å². The third-order valence-electron chi connectivity index (χ3n) is 16.6. The molecule has 0 saturated carbocycles. The fraction of sp³-hybridized carbons (Fsp3) is 0.643. The predicted molar refractivity (Wildman–Crippen MR) is 353 cm³/mol. The highest BCUT2D eigenvalue weighted by Gasteiger charge is 2.61. The summed E-state index contributed by atoms with van der Waals surface area (Å²) in [4.78, 5) is 17.0. The van der Waals surface area contributed by atoms with Crippen LogP contribution in [0.2, 0.25) is 0 Å². The summed E-state index contributed by atoms with van der Waals surface area (Å²) in [6.07, 6.45) is -0.190. The summed E-state index contributed by atoms with van der Waals surface area (Å²) in [6, 6.07) is 19.4. The van der Waals surface area contributed by atoms with Crippen LogP contribution >= 0.6 is 25.1 Å². The Kier molecular flexibility index (Phi) is 19.3. The lowest BCUT2D eigenvalue weighted by Gasteiger charge is -2.52. The SMILES string of the molecule is COc1c(C(C)(C)C)cc(PC(Pc2cc(C(C)(C)C)c(OC)c(C(C)(C)C)c2)[C@@]2(C(C)(C)C)C[C@H](P(c3cc(C(C)(C)C)c(OC)c(C(C)(C)C)c3)c3cc(C(C)(C)C)c(OC)c(C(C)(C)C)c3)CN2C(=O)O)cc1C(C)(C)C. The second-order valence-corrected chi connectivity index (χ2v) is 38.3. The number of benzene rings is 4. The lowest BCUT2D eigenvalue weighted by atomic mass is 9.72. The van der Waals surface area contributed by atoms with Gasteiger partial charge in [0.2, 0.25) is 0 Å². The van der Waals surface area contributed by atoms with E-state index in [1.54, 1.807) is 14.2 Å². The van der Waals surface area contributed by atoms with Crippen molar-refractivity contribution < 1.29 is 28.8 Å². The van der Waals surface area contributed by atoms with Crippen LogP contribution in [0.4, 0.5) is 4.79 Å². The molecule has 0 aromatic heterocycles. The normalized spacial score (nSPS) is 18.1. The molecule has 0 radical (unpaired) electrons. The van der Waals surface area contributed by atoms with Crippen molar-refractivity contribution in [2.75, 3.05) is 35.0 Å². The number of methoxy groups -OCH3 is 4. The van der Waals surface area contributed by atoms with Gasteiger partial charge >= 0.3 is 6.09 Å². The van der Waals surface area contributed by atoms with Gasteiger partial charge in [0.15, 0.2) is 0 Å². The van der Waals surface area contributed by atoms with Gasteiger partial charge in [0.05, 0.1) is 34.0 Å². The predicted octanol–water partition coefficient (Wildman–Crippen LogP) is 17.4. The topological polar surface area (TPSA) is 77.5 Å². The van der Waals surface area contributed by atoms with E-state index < -0.39 is 25.0 Å². The molecule has 1 fully saturated rings. The standard InChI is InChI=1S/C70H110NO6P3/c1-61(2,3)47-32-42(33-48(55(47)74-28)62(4,5)6)78-59(79-43-34-49(63(7,8)9)56(75-29)50(35-43)64(10,11)12)70(69(25,26)27)40-46(41-71(70)60(72)73)80(44-36-51(65(13,14)15)57(76-30)52(37-44)66(16,17)18)45-38-53(67(19,20)21)58(77-31)54(39-45)68(22,23)24/h32-39,46,59,78-79H,40-41H2,1-31H3,(H,72,73)/t46-,70+/m0/s1. The summed E-state index contributed by atoms with van der Waals surface area (Å²) < 4.78 is 25.7. The molecule has 4 aromatic rings. The Hall–Kier alpha value is -3.36. The molecular weight excluding hydrogens is 1040 g/mol. The highest BCUT2D eigenvalue weighted by Crippen LogP contribution is 2.62. The van der Waals surface area contributed by atoms with Gasteiger partial charge in [0.25, 0.3) is 0 Å². The lowest BCUT2D eigenvalue weighted by molar-refractivity contribution is 0.0418. The molecule has 4 atom stereocenters. The first kappa shape index (κ1) is 67.4. The van der Waals surface area contributed by atoms with E-state index in [-0.39, 0.29) is 71.5 Å². The van der Waals surface area contributed by atoms with Gasteiger partial charge in [-0.15, -0.1) is 0 Å². The Balaban J connectivity index is 2.06. The molecule has 7 nitrogen and oxygen atoms in total. The third-order valence-corrected chi connectivity index (χ3v) is 22.9. The van der Waals surface area contributed by atoms with Crippen LogP contribution in [0.15, 0.2) is 48.5 Å². The Bertz CT molecular complexity index is 2580. The molecule has 5 rings (SSSR count). The summed E-state index contributed by atoms with van der Waals surface area (Å²) in [6.45, 7) is 62.1. The molecule has 1 N–H and O–H groups in total. The maximum atomic E-state index is 15.0. The number of hydrogen-bond donors (Lipinski definition) is 1. The molecule has 80 heavy (non-hydrogen) atoms. The number of nitrogens with zero attached hydrogens (tertiary/aromatic N) is 1. The first-order chi connectivity index (χ1) is 36.0. The van der Waals surface area contributed by atoms with Gasteiger partial charge in [-0.1, -0.05) is 204 Å². The number of ether oxygens (including phenoxy) is 4. The zero-order chi connectivity index (χ0) is 61.4. The average Bonchev–Trinajstić information content (AvgIpc) is 3.70. The van der Waals surface area contributed by atoms with E-state index in [0.717, 1.165) is 23.0 Å². The molecular formula is C70H110NO6P3. The molecule has 0 bridgehead atoms. The minimum Gasteiger partial charge on any atom is -0.496 e. The summed E-state index contributed by atoms with van der Waals surface area (Å²) in [5.41, 5.74) is 6.00. The van der Waals surface area contributed by atoms with Gasteiger partial charge in [-0.05, 0) is 133 Å². The van der Waals surface area contributed by atoms with Crippen molar-refractivity contribution in [3.63, 3.8) is 0 Å². The highest BCUT2D eigenvalue weighted by atomic mass is 31.1. The molecule has 1 heterocycles. The third kappa shape index (κ3) is 13.9. The van der Waals surface area contributed by atoms with Gasteiger partial charge < -0.3 is 29.0 Å². The summed E-state index contributed by atoms with van der Waals surface area (Å²) in [5, 5.41) is 17.1. The summed E-state index contributed by atoms with van der Waals surface area (Å²) in [7, 11) is 6.48. The zero-order valence-corrected chi connectivity index (χ0v) is 59.0. The van der Waals surface area contributed by atoms with Crippen molar-refractivity contribution in [1.29, 1.82) is 0 Å². The van der Waals surface area contributed by atoms with Crippen molar-refractivity contribution >= 4 is 52.4 Å². The lowest BCUT2D eigenvalue weighted by Crippen LogP contribution is -2.60. The molecule has 0 spiro atoms. The maximum Gasteiger partial charge on any atom is 0.407 e. The number of carbonyl (C=O) groups is 1. The quantitative estimate of drug-likeness (QED) is 0.142. The fourth-order valence-electron chi connectivity index (χ4n) is 12.2. The van der Waals surface area contributed by atoms with Crippen LogP contribution in [0.3, 0.4) is 0 Å². The van der Waals surface area contributed by atoms with E-state index in [1.807, 2.05) is 19.1 Å². The summed E-state index contributed by atoms with van der Waals surface area (Å²) >= 11 is 0. The van der Waals surface area contributed by atoms with Gasteiger partial charge in [-0.3, -0.25) is 0 Å². The van der Waals surface area contributed by atoms with E-state index in [9.17, 15) is 5.11 Å². The van der Waals surface area contributed by atoms with Crippen LogP contribution in [0.1, 0.15) is 238 Å². The van der Waals surface area contributed by atoms with E-state index in [2.05, 4.69) is 235 Å². The first-order valence-corrected chi connectivity index (χ1v) is 32.8. The van der Waals surface area contributed by atoms with Crippen molar-refractivity contribution in [2.45, 2.75) is 253 Å². The fourth-order valence-corrected chi connectivity index (χ4v) is 20.0.